The first-order valence-electron chi connectivity index (χ1n) is 9.67. The third kappa shape index (κ3) is 4.04. The van der Waals surface area contributed by atoms with Gasteiger partial charge in [0.25, 0.3) is 11.5 Å². The molecule has 1 amide bonds. The van der Waals surface area contributed by atoms with E-state index >= 15 is 0 Å². The van der Waals surface area contributed by atoms with Crippen molar-refractivity contribution in [2.45, 2.75) is 19.9 Å². The minimum Gasteiger partial charge on any atom is -0.477 e. The van der Waals surface area contributed by atoms with E-state index in [4.69, 9.17) is 28.3 Å². The summed E-state index contributed by atoms with van der Waals surface area (Å²) in [7, 11) is 0. The van der Waals surface area contributed by atoms with Crippen molar-refractivity contribution in [3.05, 3.63) is 79.8 Å². The predicted octanol–water partition coefficient (Wildman–Crippen LogP) is 4.36. The van der Waals surface area contributed by atoms with Gasteiger partial charge in [0.05, 0.1) is 10.9 Å². The van der Waals surface area contributed by atoms with Crippen LogP contribution in [-0.4, -0.2) is 26.5 Å². The molecule has 2 N–H and O–H groups in total. The molecule has 4 rings (SSSR count). The molecule has 0 unspecified atom stereocenters. The van der Waals surface area contributed by atoms with Gasteiger partial charge in [0.15, 0.2) is 0 Å². The number of carbonyl (C=O) groups is 2. The maximum Gasteiger partial charge on any atom is 0.349 e. The number of aryl methyl sites for hydroxylation is 1. The Morgan fingerprint density at radius 1 is 1.16 bits per heavy atom. The second-order valence-electron chi connectivity index (χ2n) is 7.29. The number of halogens is 2. The SMILES string of the molecule is Cc1ccccc1C=C1CCn2c1nc1cc(NC(=O)C(Cl)=C(Cl)C(=O)O)ccc1c2=O. The van der Waals surface area contributed by atoms with Crippen LogP contribution in [0.5, 0.6) is 0 Å². The number of carboxylic acids is 1. The number of nitrogens with one attached hydrogen (secondary N) is 1. The van der Waals surface area contributed by atoms with Crippen LogP contribution in [0.15, 0.2) is 57.3 Å². The summed E-state index contributed by atoms with van der Waals surface area (Å²) in [6.07, 6.45) is 2.72. The number of anilines is 1. The molecule has 0 radical (unpaired) electrons. The Kier molecular flexibility index (Phi) is 5.86. The fourth-order valence-corrected chi connectivity index (χ4v) is 3.76. The molecule has 32 heavy (non-hydrogen) atoms. The van der Waals surface area contributed by atoms with Crippen molar-refractivity contribution in [1.82, 2.24) is 9.55 Å². The van der Waals surface area contributed by atoms with Gasteiger partial charge < -0.3 is 10.4 Å². The molecular formula is C23H17Cl2N3O4. The van der Waals surface area contributed by atoms with Crippen molar-refractivity contribution in [3.8, 4) is 0 Å². The van der Waals surface area contributed by atoms with Gasteiger partial charge in [-0.2, -0.15) is 0 Å². The number of hydrogen-bond acceptors (Lipinski definition) is 4. The zero-order valence-corrected chi connectivity index (χ0v) is 18.4. The Hall–Kier alpha value is -3.42. The third-order valence-corrected chi connectivity index (χ3v) is 6.01. The van der Waals surface area contributed by atoms with Gasteiger partial charge >= 0.3 is 5.97 Å². The third-order valence-electron chi connectivity index (χ3n) is 5.20. The molecule has 0 saturated heterocycles. The molecule has 162 valence electrons. The molecule has 0 atom stereocenters. The average molecular weight is 470 g/mol. The summed E-state index contributed by atoms with van der Waals surface area (Å²) < 4.78 is 1.65. The van der Waals surface area contributed by atoms with E-state index in [1.54, 1.807) is 10.6 Å². The van der Waals surface area contributed by atoms with E-state index in [2.05, 4.69) is 10.3 Å². The Bertz CT molecular complexity index is 1410. The summed E-state index contributed by atoms with van der Waals surface area (Å²) in [6.45, 7) is 2.56. The highest BCUT2D eigenvalue weighted by Gasteiger charge is 2.22. The number of nitrogens with zero attached hydrogens (tertiary/aromatic N) is 2. The van der Waals surface area contributed by atoms with Crippen molar-refractivity contribution in [3.63, 3.8) is 0 Å². The van der Waals surface area contributed by atoms with Crippen LogP contribution in [0.4, 0.5) is 5.69 Å². The Balaban J connectivity index is 1.74. The highest BCUT2D eigenvalue weighted by atomic mass is 35.5. The van der Waals surface area contributed by atoms with E-state index in [9.17, 15) is 14.4 Å². The number of carbonyl (C=O) groups excluding carboxylic acids is 1. The highest BCUT2D eigenvalue weighted by molar-refractivity contribution is 6.54. The van der Waals surface area contributed by atoms with Crippen LogP contribution < -0.4 is 10.9 Å². The number of aromatic nitrogens is 2. The maximum atomic E-state index is 13.0. The molecule has 2 aromatic carbocycles. The van der Waals surface area contributed by atoms with E-state index in [1.807, 2.05) is 37.3 Å². The first kappa shape index (κ1) is 21.8. The molecular weight excluding hydrogens is 453 g/mol. The first-order chi connectivity index (χ1) is 15.3. The average Bonchev–Trinajstić information content (AvgIpc) is 3.17. The van der Waals surface area contributed by atoms with Gasteiger partial charge in [-0.15, -0.1) is 0 Å². The summed E-state index contributed by atoms with van der Waals surface area (Å²) in [5.41, 5.74) is 3.67. The van der Waals surface area contributed by atoms with Crippen LogP contribution in [0, 0.1) is 6.92 Å². The number of rotatable bonds is 4. The Morgan fingerprint density at radius 2 is 1.91 bits per heavy atom. The monoisotopic (exact) mass is 469 g/mol. The lowest BCUT2D eigenvalue weighted by atomic mass is 10.0. The zero-order chi connectivity index (χ0) is 23.0. The number of carboxylic acid groups (broad SMARTS) is 1. The van der Waals surface area contributed by atoms with Gasteiger partial charge in [-0.05, 0) is 54.3 Å². The first-order valence-corrected chi connectivity index (χ1v) is 10.4. The van der Waals surface area contributed by atoms with Crippen LogP contribution in [-0.2, 0) is 16.1 Å². The summed E-state index contributed by atoms with van der Waals surface area (Å²) in [5, 5.41) is 10.3. The van der Waals surface area contributed by atoms with Crippen LogP contribution >= 0.6 is 23.2 Å². The van der Waals surface area contributed by atoms with E-state index < -0.39 is 21.9 Å². The van der Waals surface area contributed by atoms with Crippen LogP contribution in [0.2, 0.25) is 0 Å². The molecule has 0 saturated carbocycles. The highest BCUT2D eigenvalue weighted by Crippen LogP contribution is 2.29. The molecule has 1 aromatic heterocycles. The zero-order valence-electron chi connectivity index (χ0n) is 16.9. The van der Waals surface area contributed by atoms with E-state index in [0.29, 0.717) is 35.4 Å². The number of benzene rings is 2. The summed E-state index contributed by atoms with van der Waals surface area (Å²) in [5.74, 6) is -1.80. The summed E-state index contributed by atoms with van der Waals surface area (Å²) in [4.78, 5) is 40.8. The minimum absolute atomic E-state index is 0.164. The Morgan fingerprint density at radius 3 is 2.62 bits per heavy atom. The normalized spacial score (nSPS) is 14.9. The lowest BCUT2D eigenvalue weighted by molar-refractivity contribution is -0.132. The van der Waals surface area contributed by atoms with Gasteiger partial charge in [0.2, 0.25) is 0 Å². The van der Waals surface area contributed by atoms with Crippen LogP contribution in [0.1, 0.15) is 23.4 Å². The molecule has 7 nitrogen and oxygen atoms in total. The van der Waals surface area contributed by atoms with Crippen LogP contribution in [0.3, 0.4) is 0 Å². The lowest BCUT2D eigenvalue weighted by Crippen LogP contribution is -2.21. The Labute approximate surface area is 192 Å². The van der Waals surface area contributed by atoms with Gasteiger partial charge in [0, 0.05) is 12.2 Å². The largest absolute Gasteiger partial charge is 0.477 e. The number of allylic oxidation sites excluding steroid dienone is 1. The molecule has 0 spiro atoms. The number of amides is 1. The summed E-state index contributed by atoms with van der Waals surface area (Å²) >= 11 is 11.3. The predicted molar refractivity (Wildman–Crippen MR) is 125 cm³/mol. The fraction of sp³-hybridized carbons (Fsp3) is 0.130. The molecule has 1 aliphatic rings. The second kappa shape index (κ2) is 8.61. The second-order valence-corrected chi connectivity index (χ2v) is 8.04. The lowest BCUT2D eigenvalue weighted by Gasteiger charge is -2.09. The van der Waals surface area contributed by atoms with Gasteiger partial charge in [-0.1, -0.05) is 47.5 Å². The molecule has 9 heteroatoms. The van der Waals surface area contributed by atoms with Gasteiger partial charge in [-0.25, -0.2) is 9.78 Å². The topological polar surface area (TPSA) is 101 Å². The fourth-order valence-electron chi connectivity index (χ4n) is 3.55. The maximum absolute atomic E-state index is 13.0. The number of hydrogen-bond donors (Lipinski definition) is 2. The van der Waals surface area contributed by atoms with E-state index in [-0.39, 0.29) is 5.56 Å². The molecule has 0 aliphatic carbocycles. The van der Waals surface area contributed by atoms with E-state index in [0.717, 1.165) is 16.7 Å². The van der Waals surface area contributed by atoms with E-state index in [1.165, 1.54) is 12.1 Å². The van der Waals surface area contributed by atoms with Crippen molar-refractivity contribution >= 4 is 63.3 Å². The smallest absolute Gasteiger partial charge is 0.349 e. The molecule has 3 aromatic rings. The molecule has 0 fully saturated rings. The number of fused-ring (bicyclic) bond motifs is 2. The minimum atomic E-state index is -1.51. The van der Waals surface area contributed by atoms with Gasteiger partial charge in [-0.3, -0.25) is 14.2 Å². The van der Waals surface area contributed by atoms with Gasteiger partial charge in [0.1, 0.15) is 15.9 Å². The summed E-state index contributed by atoms with van der Waals surface area (Å²) in [6, 6.07) is 12.6. The number of aliphatic carboxylic acids is 1. The van der Waals surface area contributed by atoms with Crippen LogP contribution in [0.25, 0.3) is 22.6 Å². The molecule has 2 heterocycles. The molecule has 0 bridgehead atoms. The quantitative estimate of drug-likeness (QED) is 0.552. The van der Waals surface area contributed by atoms with Crippen molar-refractivity contribution in [2.75, 3.05) is 5.32 Å². The van der Waals surface area contributed by atoms with Crippen molar-refractivity contribution in [2.24, 2.45) is 0 Å². The standard InChI is InChI=1S/C23H17Cl2N3O4/c1-12-4-2-3-5-13(12)10-14-8-9-28-20(14)27-17-11-15(6-7-16(17)22(28)30)26-21(29)18(24)19(25)23(31)32/h2-7,10-11H,8-9H2,1H3,(H,26,29)(H,31,32). The van der Waals surface area contributed by atoms with Crippen molar-refractivity contribution in [1.29, 1.82) is 0 Å². The van der Waals surface area contributed by atoms with Crippen molar-refractivity contribution < 1.29 is 14.7 Å². The molecule has 1 aliphatic heterocycles.